The second kappa shape index (κ2) is 5.41. The molecule has 2 saturated heterocycles. The first kappa shape index (κ1) is 13.9. The summed E-state index contributed by atoms with van der Waals surface area (Å²) in [5.74, 6) is -0.272. The molecule has 3 aliphatic rings. The summed E-state index contributed by atoms with van der Waals surface area (Å²) in [6.07, 6.45) is 5.70. The summed E-state index contributed by atoms with van der Waals surface area (Å²) < 4.78 is 5.44. The molecule has 0 radical (unpaired) electrons. The maximum Gasteiger partial charge on any atom is 0.259 e. The van der Waals surface area contributed by atoms with Crippen molar-refractivity contribution in [3.63, 3.8) is 0 Å². The van der Waals surface area contributed by atoms with E-state index in [2.05, 4.69) is 0 Å². The monoisotopic (exact) mass is 296 g/mol. The summed E-state index contributed by atoms with van der Waals surface area (Å²) in [6.45, 7) is 0. The van der Waals surface area contributed by atoms with E-state index >= 15 is 0 Å². The second-order valence-corrected chi connectivity index (χ2v) is 6.45. The van der Waals surface area contributed by atoms with Gasteiger partial charge in [-0.1, -0.05) is 31.5 Å². The lowest BCUT2D eigenvalue weighted by Gasteiger charge is -2.40. The van der Waals surface area contributed by atoms with E-state index < -0.39 is 18.2 Å². The number of morpholine rings is 1. The van der Waals surface area contributed by atoms with Crippen LogP contribution in [0.15, 0.2) is 0 Å². The van der Waals surface area contributed by atoms with Gasteiger partial charge in [0, 0.05) is 0 Å². The quantitative estimate of drug-likeness (QED) is 0.624. The van der Waals surface area contributed by atoms with Gasteiger partial charge in [-0.05, 0) is 31.6 Å². The number of amides is 2. The number of hydrogen-bond donors (Lipinski definition) is 1. The van der Waals surface area contributed by atoms with Crippen molar-refractivity contribution in [2.75, 3.05) is 0 Å². The fraction of sp³-hybridized carbons (Fsp3) is 0.786. The number of carbonyl (C=O) groups excluding carboxylic acids is 2. The Bertz CT molecular complexity index is 426. The van der Waals surface area contributed by atoms with Crippen LogP contribution in [0, 0.1) is 5.92 Å². The number of carbonyl (C=O) groups is 2. The van der Waals surface area contributed by atoms with Gasteiger partial charge in [-0.3, -0.25) is 14.5 Å². The van der Waals surface area contributed by atoms with Crippen LogP contribution in [-0.2, 0) is 14.3 Å². The van der Waals surface area contributed by atoms with Crippen molar-refractivity contribution >= 4 is 29.0 Å². The lowest BCUT2D eigenvalue weighted by Crippen LogP contribution is -2.61. The highest BCUT2D eigenvalue weighted by molar-refractivity contribution is 7.80. The summed E-state index contributed by atoms with van der Waals surface area (Å²) in [5, 5.41) is 0. The van der Waals surface area contributed by atoms with E-state index in [1.807, 2.05) is 0 Å². The largest absolute Gasteiger partial charge is 0.392 e. The summed E-state index contributed by atoms with van der Waals surface area (Å²) in [6, 6.07) is -0.419. The second-order valence-electron chi connectivity index (χ2n) is 5.98. The highest BCUT2D eigenvalue weighted by atomic mass is 32.1. The molecule has 1 aliphatic carbocycles. The Morgan fingerprint density at radius 2 is 1.65 bits per heavy atom. The van der Waals surface area contributed by atoms with E-state index in [4.69, 9.17) is 22.7 Å². The molecule has 3 unspecified atom stereocenters. The Hall–Kier alpha value is -1.01. The molecule has 2 heterocycles. The molecule has 3 atom stereocenters. The molecule has 0 spiro atoms. The van der Waals surface area contributed by atoms with E-state index in [1.165, 1.54) is 11.3 Å². The fourth-order valence-corrected chi connectivity index (χ4v) is 4.01. The molecule has 3 rings (SSSR count). The van der Waals surface area contributed by atoms with Crippen molar-refractivity contribution in [3.8, 4) is 0 Å². The van der Waals surface area contributed by atoms with Crippen LogP contribution in [-0.4, -0.2) is 40.0 Å². The molecule has 20 heavy (non-hydrogen) atoms. The number of ether oxygens (including phenoxy) is 1. The Kier molecular flexibility index (Phi) is 3.77. The molecule has 2 bridgehead atoms. The zero-order chi connectivity index (χ0) is 14.3. The Morgan fingerprint density at radius 1 is 1.10 bits per heavy atom. The van der Waals surface area contributed by atoms with Gasteiger partial charge in [-0.15, -0.1) is 0 Å². The van der Waals surface area contributed by atoms with E-state index in [0.29, 0.717) is 12.8 Å². The molecule has 3 fully saturated rings. The van der Waals surface area contributed by atoms with Gasteiger partial charge in [0.25, 0.3) is 11.8 Å². The fourth-order valence-electron chi connectivity index (χ4n) is 3.71. The van der Waals surface area contributed by atoms with Gasteiger partial charge in [0.1, 0.15) is 12.2 Å². The van der Waals surface area contributed by atoms with Gasteiger partial charge in [-0.25, -0.2) is 0 Å². The third-order valence-electron chi connectivity index (χ3n) is 4.71. The summed E-state index contributed by atoms with van der Waals surface area (Å²) in [5.41, 5.74) is 5.88. The number of likely N-dealkylation sites (tertiary alicyclic amines) is 1. The van der Waals surface area contributed by atoms with Crippen LogP contribution in [0.3, 0.4) is 0 Å². The van der Waals surface area contributed by atoms with Crippen LogP contribution in [0.1, 0.15) is 44.9 Å². The van der Waals surface area contributed by atoms with Gasteiger partial charge in [0.15, 0.2) is 0 Å². The van der Waals surface area contributed by atoms with E-state index in [-0.39, 0.29) is 22.7 Å². The molecule has 0 aromatic rings. The average Bonchev–Trinajstić information content (AvgIpc) is 2.89. The van der Waals surface area contributed by atoms with Gasteiger partial charge < -0.3 is 10.5 Å². The molecular weight excluding hydrogens is 276 g/mol. The smallest absolute Gasteiger partial charge is 0.259 e. The van der Waals surface area contributed by atoms with Crippen LogP contribution >= 0.6 is 12.2 Å². The number of nitrogens with zero attached hydrogens (tertiary/aromatic N) is 1. The van der Waals surface area contributed by atoms with Gasteiger partial charge >= 0.3 is 0 Å². The molecule has 2 amide bonds. The first-order valence-electron chi connectivity index (χ1n) is 7.41. The Balaban J connectivity index is 1.88. The van der Waals surface area contributed by atoms with Crippen LogP contribution < -0.4 is 5.73 Å². The number of thiocarbonyl (C=S) groups is 1. The molecule has 2 N–H and O–H groups in total. The minimum atomic E-state index is -0.474. The topological polar surface area (TPSA) is 72.6 Å². The molecule has 1 saturated carbocycles. The van der Waals surface area contributed by atoms with Gasteiger partial charge in [-0.2, -0.15) is 0 Å². The highest BCUT2D eigenvalue weighted by Crippen LogP contribution is 2.35. The predicted molar refractivity (Wildman–Crippen MR) is 76.9 cm³/mol. The lowest BCUT2D eigenvalue weighted by molar-refractivity contribution is -0.171. The first-order chi connectivity index (χ1) is 9.59. The zero-order valence-corrected chi connectivity index (χ0v) is 12.2. The van der Waals surface area contributed by atoms with Crippen molar-refractivity contribution in [1.82, 2.24) is 4.90 Å². The average molecular weight is 296 g/mol. The minimum Gasteiger partial charge on any atom is -0.392 e. The van der Waals surface area contributed by atoms with Crippen molar-refractivity contribution < 1.29 is 14.3 Å². The maximum atomic E-state index is 12.4. The van der Waals surface area contributed by atoms with Crippen molar-refractivity contribution in [1.29, 1.82) is 0 Å². The van der Waals surface area contributed by atoms with Gasteiger partial charge in [0.2, 0.25) is 0 Å². The molecule has 0 aromatic carbocycles. The molecule has 2 aliphatic heterocycles. The highest BCUT2D eigenvalue weighted by Gasteiger charge is 2.50. The third-order valence-corrected chi connectivity index (χ3v) is 4.95. The normalized spacial score (nSPS) is 32.5. The van der Waals surface area contributed by atoms with E-state index in [9.17, 15) is 9.59 Å². The lowest BCUT2D eigenvalue weighted by atomic mass is 9.82. The van der Waals surface area contributed by atoms with Gasteiger partial charge in [0.05, 0.1) is 11.0 Å². The standard InChI is InChI=1S/C14H20N2O3S/c15-12(20)11(8-4-2-1-3-5-8)16-13(17)9-6-7-10(19-9)14(16)18/h8-11H,1-7H2,(H2,15,20). The minimum absolute atomic E-state index is 0.214. The molecule has 5 nitrogen and oxygen atoms in total. The van der Waals surface area contributed by atoms with Crippen LogP contribution in [0.25, 0.3) is 0 Å². The number of rotatable bonds is 3. The summed E-state index contributed by atoms with van der Waals surface area (Å²) in [7, 11) is 0. The first-order valence-corrected chi connectivity index (χ1v) is 7.82. The summed E-state index contributed by atoms with van der Waals surface area (Å²) >= 11 is 5.17. The predicted octanol–water partition coefficient (Wildman–Crippen LogP) is 1.14. The van der Waals surface area contributed by atoms with E-state index in [0.717, 1.165) is 25.7 Å². The number of imide groups is 1. The SMILES string of the molecule is NC(=S)C(C1CCCCC1)N1C(=O)C2CCC(O2)C1=O. The number of nitrogens with two attached hydrogens (primary N) is 1. The maximum absolute atomic E-state index is 12.4. The molecular formula is C14H20N2O3S. The van der Waals surface area contributed by atoms with Crippen LogP contribution in [0.5, 0.6) is 0 Å². The zero-order valence-electron chi connectivity index (χ0n) is 11.4. The molecule has 6 heteroatoms. The van der Waals surface area contributed by atoms with Crippen molar-refractivity contribution in [2.24, 2.45) is 11.7 Å². The number of fused-ring (bicyclic) bond motifs is 2. The number of hydrogen-bond acceptors (Lipinski definition) is 4. The Morgan fingerprint density at radius 3 is 2.15 bits per heavy atom. The summed E-state index contributed by atoms with van der Waals surface area (Å²) in [4.78, 5) is 26.5. The van der Waals surface area contributed by atoms with Crippen molar-refractivity contribution in [3.05, 3.63) is 0 Å². The van der Waals surface area contributed by atoms with Crippen LogP contribution in [0.4, 0.5) is 0 Å². The van der Waals surface area contributed by atoms with Crippen LogP contribution in [0.2, 0.25) is 0 Å². The Labute approximate surface area is 123 Å². The van der Waals surface area contributed by atoms with Crippen molar-refractivity contribution in [2.45, 2.75) is 63.2 Å². The van der Waals surface area contributed by atoms with E-state index in [1.54, 1.807) is 0 Å². The molecule has 110 valence electrons. The third kappa shape index (κ3) is 2.24. The molecule has 0 aromatic heterocycles.